The van der Waals surface area contributed by atoms with Gasteiger partial charge in [0.05, 0.1) is 5.41 Å². The SMILES string of the molecule is C.CC(C)=CC[C@H]1C[C@@]23C[C@@H](CC=C(C)C)C(C)(C)[C@@](CC=C(C)C)(C(=O)C(C(=O)c4ccc(O)c(O)c4)=C2OC1(C)C)C3=O. The molecule has 45 heavy (non-hydrogen) atoms. The Kier molecular flexibility index (Phi) is 9.95. The molecule has 0 unspecified atom stereocenters. The fourth-order valence-corrected chi connectivity index (χ4v) is 7.72. The van der Waals surface area contributed by atoms with E-state index in [4.69, 9.17) is 4.74 Å². The van der Waals surface area contributed by atoms with E-state index in [1.54, 1.807) is 0 Å². The van der Waals surface area contributed by atoms with Gasteiger partial charge in [-0.2, -0.15) is 0 Å². The second-order valence-corrected chi connectivity index (χ2v) is 15.1. The number of fused-ring (bicyclic) bond motifs is 1. The van der Waals surface area contributed by atoms with Crippen molar-refractivity contribution in [2.75, 3.05) is 0 Å². The molecule has 4 rings (SSSR count). The number of hydrogen-bond donors (Lipinski definition) is 2. The molecule has 1 spiro atoms. The van der Waals surface area contributed by atoms with E-state index in [2.05, 4.69) is 39.8 Å². The lowest BCUT2D eigenvalue weighted by atomic mass is 9.39. The first-order valence-electron chi connectivity index (χ1n) is 15.8. The predicted octanol–water partition coefficient (Wildman–Crippen LogP) is 9.23. The molecule has 0 radical (unpaired) electrons. The van der Waals surface area contributed by atoms with Crippen LogP contribution in [0.25, 0.3) is 0 Å². The molecule has 246 valence electrons. The Morgan fingerprint density at radius 2 is 1.38 bits per heavy atom. The third-order valence-corrected chi connectivity index (χ3v) is 10.7. The van der Waals surface area contributed by atoms with Crippen molar-refractivity contribution in [1.82, 2.24) is 0 Å². The lowest BCUT2D eigenvalue weighted by Crippen LogP contribution is -2.69. The molecule has 0 aromatic heterocycles. The summed E-state index contributed by atoms with van der Waals surface area (Å²) in [6.45, 7) is 20.1. The number of allylic oxidation sites excluding steroid dienone is 8. The van der Waals surface area contributed by atoms with Gasteiger partial charge in [0.15, 0.2) is 28.8 Å². The third kappa shape index (κ3) is 5.86. The van der Waals surface area contributed by atoms with Crippen molar-refractivity contribution in [3.8, 4) is 11.5 Å². The van der Waals surface area contributed by atoms with Crippen LogP contribution in [0.2, 0.25) is 0 Å². The smallest absolute Gasteiger partial charge is 0.200 e. The molecule has 2 N–H and O–H groups in total. The summed E-state index contributed by atoms with van der Waals surface area (Å²) >= 11 is 0. The average molecular weight is 619 g/mol. The summed E-state index contributed by atoms with van der Waals surface area (Å²) in [5.41, 5.74) is -0.866. The first-order chi connectivity index (χ1) is 20.3. The second kappa shape index (κ2) is 12.4. The lowest BCUT2D eigenvalue weighted by molar-refractivity contribution is -0.188. The molecular weight excluding hydrogens is 564 g/mol. The fourth-order valence-electron chi connectivity index (χ4n) is 7.72. The summed E-state index contributed by atoms with van der Waals surface area (Å²) in [5, 5.41) is 20.2. The number of phenolic OH excluding ortho intramolecular Hbond substituents is 2. The van der Waals surface area contributed by atoms with Crippen molar-refractivity contribution in [3.05, 3.63) is 70.0 Å². The monoisotopic (exact) mass is 618 g/mol. The molecule has 2 aliphatic carbocycles. The number of aromatic hydroxyl groups is 2. The van der Waals surface area contributed by atoms with Crippen LogP contribution in [0.5, 0.6) is 11.5 Å². The topological polar surface area (TPSA) is 101 Å². The predicted molar refractivity (Wildman–Crippen MR) is 180 cm³/mol. The first-order valence-corrected chi connectivity index (χ1v) is 15.8. The molecule has 6 heteroatoms. The van der Waals surface area contributed by atoms with E-state index in [1.807, 2.05) is 47.6 Å². The molecule has 0 amide bonds. The molecule has 1 saturated carbocycles. The minimum absolute atomic E-state index is 0. The number of ether oxygens (including phenoxy) is 1. The van der Waals surface area contributed by atoms with Crippen molar-refractivity contribution < 1.29 is 29.3 Å². The highest BCUT2D eigenvalue weighted by atomic mass is 16.5. The van der Waals surface area contributed by atoms with Crippen molar-refractivity contribution in [2.24, 2.45) is 28.1 Å². The van der Waals surface area contributed by atoms with Crippen LogP contribution in [0.1, 0.15) is 119 Å². The first kappa shape index (κ1) is 36.1. The van der Waals surface area contributed by atoms with Crippen LogP contribution >= 0.6 is 0 Å². The summed E-state index contributed by atoms with van der Waals surface area (Å²) < 4.78 is 6.81. The summed E-state index contributed by atoms with van der Waals surface area (Å²) in [7, 11) is 0. The summed E-state index contributed by atoms with van der Waals surface area (Å²) in [5.74, 6) is -1.93. The van der Waals surface area contributed by atoms with Crippen LogP contribution in [0, 0.1) is 28.1 Å². The highest BCUT2D eigenvalue weighted by Gasteiger charge is 2.74. The maximum Gasteiger partial charge on any atom is 0.200 e. The maximum absolute atomic E-state index is 15.3. The zero-order valence-electron chi connectivity index (χ0n) is 28.2. The van der Waals surface area contributed by atoms with E-state index >= 15 is 9.59 Å². The largest absolute Gasteiger partial charge is 0.504 e. The van der Waals surface area contributed by atoms with E-state index in [-0.39, 0.29) is 54.1 Å². The molecule has 1 saturated heterocycles. The van der Waals surface area contributed by atoms with Gasteiger partial charge >= 0.3 is 0 Å². The van der Waals surface area contributed by atoms with Gasteiger partial charge in [0, 0.05) is 11.5 Å². The Balaban J connectivity index is 0.00000552. The number of rotatable bonds is 8. The molecule has 1 aromatic rings. The number of carbonyl (C=O) groups excluding carboxylic acids is 3. The van der Waals surface area contributed by atoms with Crippen molar-refractivity contribution >= 4 is 17.3 Å². The van der Waals surface area contributed by atoms with Crippen molar-refractivity contribution in [1.29, 1.82) is 0 Å². The standard InChI is InChI=1S/C38H50O6.CH4/c1-22(2)11-14-26-20-37-21-27(15-12-23(3)4)36(9,10)44-33(37)30(31(41)25-13-16-28(39)29(40)19-25)32(42)38(34(37)43,35(26,7)8)18-17-24(5)6;/h11-13,16-17,19,26-27,39-40H,14-15,18,20-21H2,1-10H3;1H4/t26-,27+,37+,38+;/m1./s1. The minimum atomic E-state index is -1.48. The number of carbonyl (C=O) groups is 3. The number of benzene rings is 1. The van der Waals surface area contributed by atoms with E-state index < -0.39 is 39.2 Å². The van der Waals surface area contributed by atoms with Gasteiger partial charge in [-0.15, -0.1) is 0 Å². The Hall–Kier alpha value is -3.41. The van der Waals surface area contributed by atoms with Crippen LogP contribution in [0.3, 0.4) is 0 Å². The maximum atomic E-state index is 15.3. The highest BCUT2D eigenvalue weighted by Crippen LogP contribution is 2.69. The molecule has 3 aliphatic rings. The third-order valence-electron chi connectivity index (χ3n) is 10.7. The van der Waals surface area contributed by atoms with E-state index in [1.165, 1.54) is 29.3 Å². The summed E-state index contributed by atoms with van der Waals surface area (Å²) in [6.07, 6.45) is 8.89. The molecule has 6 nitrogen and oxygen atoms in total. The average Bonchev–Trinajstić information content (AvgIpc) is 2.91. The van der Waals surface area contributed by atoms with Gasteiger partial charge in [-0.3, -0.25) is 14.4 Å². The summed E-state index contributed by atoms with van der Waals surface area (Å²) in [4.78, 5) is 44.9. The van der Waals surface area contributed by atoms with Crippen molar-refractivity contribution in [2.45, 2.75) is 114 Å². The van der Waals surface area contributed by atoms with Crippen LogP contribution in [0.15, 0.2) is 64.5 Å². The van der Waals surface area contributed by atoms with Crippen LogP contribution < -0.4 is 0 Å². The quantitative estimate of drug-likeness (QED) is 0.0990. The minimum Gasteiger partial charge on any atom is -0.504 e. The number of hydrogen-bond acceptors (Lipinski definition) is 6. The Bertz CT molecular complexity index is 1500. The van der Waals surface area contributed by atoms with E-state index in [0.717, 1.165) is 5.57 Å². The van der Waals surface area contributed by atoms with Crippen LogP contribution in [0.4, 0.5) is 0 Å². The second-order valence-electron chi connectivity index (χ2n) is 15.1. The Morgan fingerprint density at radius 1 is 0.844 bits per heavy atom. The van der Waals surface area contributed by atoms with Gasteiger partial charge in [0.2, 0.25) is 0 Å². The molecule has 1 heterocycles. The zero-order valence-corrected chi connectivity index (χ0v) is 28.2. The molecule has 4 atom stereocenters. The normalized spacial score (nSPS) is 27.8. The number of Topliss-reactive ketones (excluding diaryl/α,β-unsaturated/α-hetero) is 3. The van der Waals surface area contributed by atoms with Gasteiger partial charge in [0.25, 0.3) is 0 Å². The Morgan fingerprint density at radius 3 is 1.91 bits per heavy atom. The molecule has 2 fully saturated rings. The summed E-state index contributed by atoms with van der Waals surface area (Å²) in [6, 6.07) is 3.81. The number of ketones is 3. The number of phenols is 2. The van der Waals surface area contributed by atoms with Gasteiger partial charge in [-0.1, -0.05) is 56.2 Å². The van der Waals surface area contributed by atoms with Crippen LogP contribution in [-0.2, 0) is 14.3 Å². The van der Waals surface area contributed by atoms with E-state index in [0.29, 0.717) is 25.7 Å². The molecule has 2 bridgehead atoms. The molecule has 1 aromatic carbocycles. The highest BCUT2D eigenvalue weighted by molar-refractivity contribution is 6.35. The zero-order chi connectivity index (χ0) is 33.0. The van der Waals surface area contributed by atoms with Gasteiger partial charge in [-0.25, -0.2) is 0 Å². The van der Waals surface area contributed by atoms with Crippen molar-refractivity contribution in [3.63, 3.8) is 0 Å². The lowest BCUT2D eigenvalue weighted by Gasteiger charge is -2.64. The van der Waals surface area contributed by atoms with Gasteiger partial charge in [-0.05, 0) is 117 Å². The molecular formula is C39H54O6. The molecule has 1 aliphatic heterocycles. The Labute approximate surface area is 270 Å². The van der Waals surface area contributed by atoms with Crippen LogP contribution in [-0.4, -0.2) is 33.2 Å². The van der Waals surface area contributed by atoms with Gasteiger partial charge in [0.1, 0.15) is 22.3 Å². The fraction of sp³-hybridized carbons (Fsp3) is 0.564. The van der Waals surface area contributed by atoms with Gasteiger partial charge < -0.3 is 14.9 Å². The van der Waals surface area contributed by atoms with E-state index in [9.17, 15) is 15.0 Å².